The van der Waals surface area contributed by atoms with E-state index in [1.165, 1.54) is 5.23 Å². The van der Waals surface area contributed by atoms with Gasteiger partial charge < -0.3 is 5.73 Å². The van der Waals surface area contributed by atoms with Crippen LogP contribution < -0.4 is 5.73 Å². The minimum absolute atomic E-state index is 0.630. The fraction of sp³-hybridized carbons (Fsp3) is 1.00. The number of hydrogen-bond donors (Lipinski definition) is 1. The summed E-state index contributed by atoms with van der Waals surface area (Å²) in [5.74, 6) is 0. The van der Waals surface area contributed by atoms with Gasteiger partial charge in [-0.25, -0.2) is 0 Å². The first-order valence-electron chi connectivity index (χ1n) is 4.08. The van der Waals surface area contributed by atoms with Crippen LogP contribution in [0.4, 0.5) is 0 Å². The van der Waals surface area contributed by atoms with E-state index in [-0.39, 0.29) is 0 Å². The Morgan fingerprint density at radius 2 is 1.73 bits per heavy atom. The van der Waals surface area contributed by atoms with E-state index in [4.69, 9.17) is 15.4 Å². The van der Waals surface area contributed by atoms with Crippen molar-refractivity contribution in [1.82, 2.24) is 5.23 Å². The van der Waals surface area contributed by atoms with Crippen LogP contribution in [-0.4, -0.2) is 31.5 Å². The Morgan fingerprint density at radius 3 is 2.09 bits per heavy atom. The average Bonchev–Trinajstić information content (AvgIpc) is 2.01. The average molecular weight is 162 g/mol. The quantitative estimate of drug-likeness (QED) is 0.555. The predicted molar refractivity (Wildman–Crippen MR) is 43.6 cm³/mol. The molecule has 0 aliphatic heterocycles. The summed E-state index contributed by atoms with van der Waals surface area (Å²) in [5.41, 5.74) is 5.33. The van der Waals surface area contributed by atoms with Crippen molar-refractivity contribution in [2.24, 2.45) is 5.73 Å². The molecule has 0 amide bonds. The molecule has 0 spiro atoms. The standard InChI is InChI=1S/C7H18N2O2/c1-3-10-9(11-4-2)7-5-6-8/h3-8H2,1-2H3. The lowest BCUT2D eigenvalue weighted by molar-refractivity contribution is -0.364. The molecule has 0 saturated heterocycles. The van der Waals surface area contributed by atoms with E-state index in [0.717, 1.165) is 13.0 Å². The number of nitrogens with two attached hydrogens (primary N) is 1. The molecule has 0 aliphatic rings. The second-order valence-electron chi connectivity index (χ2n) is 2.03. The van der Waals surface area contributed by atoms with Crippen LogP contribution >= 0.6 is 0 Å². The van der Waals surface area contributed by atoms with Gasteiger partial charge in [-0.1, -0.05) is 5.23 Å². The van der Waals surface area contributed by atoms with Crippen molar-refractivity contribution in [3.63, 3.8) is 0 Å². The zero-order valence-electron chi connectivity index (χ0n) is 7.38. The molecule has 0 saturated carbocycles. The SMILES string of the molecule is CCON(CCCN)OCC. The molecule has 0 aliphatic carbocycles. The lowest BCUT2D eigenvalue weighted by Gasteiger charge is -2.18. The van der Waals surface area contributed by atoms with E-state index in [0.29, 0.717) is 19.8 Å². The van der Waals surface area contributed by atoms with Crippen LogP contribution in [0.2, 0.25) is 0 Å². The lowest BCUT2D eigenvalue weighted by atomic mass is 10.4. The van der Waals surface area contributed by atoms with E-state index in [2.05, 4.69) is 0 Å². The van der Waals surface area contributed by atoms with Crippen molar-refractivity contribution < 1.29 is 9.68 Å². The topological polar surface area (TPSA) is 47.7 Å². The molecule has 0 aromatic heterocycles. The molecule has 0 unspecified atom stereocenters. The number of hydrogen-bond acceptors (Lipinski definition) is 4. The Hall–Kier alpha value is -0.160. The first-order chi connectivity index (χ1) is 5.35. The first-order valence-corrected chi connectivity index (χ1v) is 4.08. The summed E-state index contributed by atoms with van der Waals surface area (Å²) in [4.78, 5) is 10.3. The van der Waals surface area contributed by atoms with Gasteiger partial charge in [0.1, 0.15) is 0 Å². The normalized spacial score (nSPS) is 10.9. The maximum Gasteiger partial charge on any atom is 0.0683 e. The van der Waals surface area contributed by atoms with Gasteiger partial charge in [0.2, 0.25) is 0 Å². The van der Waals surface area contributed by atoms with Gasteiger partial charge in [0.25, 0.3) is 0 Å². The number of rotatable bonds is 7. The predicted octanol–water partition coefficient (Wildman–Crippen LogP) is 0.540. The van der Waals surface area contributed by atoms with Crippen molar-refractivity contribution in [1.29, 1.82) is 0 Å². The first kappa shape index (κ1) is 10.8. The molecule has 68 valence electrons. The molecule has 0 bridgehead atoms. The minimum atomic E-state index is 0.630. The molecule has 0 radical (unpaired) electrons. The van der Waals surface area contributed by atoms with Crippen molar-refractivity contribution in [3.05, 3.63) is 0 Å². The maximum atomic E-state index is 5.33. The van der Waals surface area contributed by atoms with Gasteiger partial charge in [-0.15, -0.1) is 0 Å². The second kappa shape index (κ2) is 7.94. The van der Waals surface area contributed by atoms with Crippen molar-refractivity contribution in [2.45, 2.75) is 20.3 Å². The van der Waals surface area contributed by atoms with Crippen molar-refractivity contribution in [3.8, 4) is 0 Å². The Balaban J connectivity index is 3.34. The van der Waals surface area contributed by atoms with Gasteiger partial charge in [-0.2, -0.15) is 0 Å². The number of nitrogens with zero attached hydrogens (tertiary/aromatic N) is 1. The summed E-state index contributed by atoms with van der Waals surface area (Å²) < 4.78 is 0. The summed E-state index contributed by atoms with van der Waals surface area (Å²) in [7, 11) is 0. The molecule has 11 heavy (non-hydrogen) atoms. The molecular formula is C7H18N2O2. The van der Waals surface area contributed by atoms with Crippen molar-refractivity contribution in [2.75, 3.05) is 26.3 Å². The smallest absolute Gasteiger partial charge is 0.0683 e. The third-order valence-corrected chi connectivity index (χ3v) is 1.09. The monoisotopic (exact) mass is 162 g/mol. The molecule has 0 atom stereocenters. The maximum absolute atomic E-state index is 5.33. The fourth-order valence-electron chi connectivity index (χ4n) is 0.675. The highest BCUT2D eigenvalue weighted by Gasteiger charge is 2.01. The Morgan fingerprint density at radius 1 is 1.18 bits per heavy atom. The van der Waals surface area contributed by atoms with Gasteiger partial charge in [-0.05, 0) is 26.8 Å². The zero-order valence-corrected chi connectivity index (χ0v) is 7.38. The van der Waals surface area contributed by atoms with E-state index in [9.17, 15) is 0 Å². The molecule has 0 aromatic rings. The Bertz CT molecular complexity index is 74.8. The van der Waals surface area contributed by atoms with Crippen LogP contribution in [0.1, 0.15) is 20.3 Å². The largest absolute Gasteiger partial charge is 0.330 e. The van der Waals surface area contributed by atoms with Crippen LogP contribution in [0.15, 0.2) is 0 Å². The van der Waals surface area contributed by atoms with Gasteiger partial charge in [0.15, 0.2) is 0 Å². The molecule has 4 nitrogen and oxygen atoms in total. The van der Waals surface area contributed by atoms with Crippen LogP contribution in [-0.2, 0) is 9.68 Å². The summed E-state index contributed by atoms with van der Waals surface area (Å²) in [5, 5.41) is 1.49. The molecule has 0 rings (SSSR count). The summed E-state index contributed by atoms with van der Waals surface area (Å²) in [6.07, 6.45) is 0.889. The summed E-state index contributed by atoms with van der Waals surface area (Å²) >= 11 is 0. The molecule has 0 heterocycles. The molecule has 2 N–H and O–H groups in total. The van der Waals surface area contributed by atoms with Gasteiger partial charge in [-0.3, -0.25) is 9.68 Å². The Kier molecular flexibility index (Phi) is 7.83. The van der Waals surface area contributed by atoms with Crippen LogP contribution in [0.3, 0.4) is 0 Å². The zero-order chi connectivity index (χ0) is 8.53. The third kappa shape index (κ3) is 6.25. The highest BCUT2D eigenvalue weighted by atomic mass is 16.9. The third-order valence-electron chi connectivity index (χ3n) is 1.09. The van der Waals surface area contributed by atoms with Gasteiger partial charge >= 0.3 is 0 Å². The van der Waals surface area contributed by atoms with Crippen molar-refractivity contribution >= 4 is 0 Å². The highest BCUT2D eigenvalue weighted by molar-refractivity contribution is 4.37. The van der Waals surface area contributed by atoms with Crippen LogP contribution in [0, 0.1) is 0 Å². The summed E-state index contributed by atoms with van der Waals surface area (Å²) in [6.45, 7) is 6.51. The Labute approximate surface area is 68.2 Å². The summed E-state index contributed by atoms with van der Waals surface area (Å²) in [6, 6.07) is 0. The number of hydroxylamine groups is 2. The van der Waals surface area contributed by atoms with Crippen LogP contribution in [0.25, 0.3) is 0 Å². The molecule has 0 fully saturated rings. The van der Waals surface area contributed by atoms with Gasteiger partial charge in [0, 0.05) is 0 Å². The molecule has 4 heteroatoms. The van der Waals surface area contributed by atoms with E-state index >= 15 is 0 Å². The van der Waals surface area contributed by atoms with Gasteiger partial charge in [0.05, 0.1) is 19.8 Å². The molecular weight excluding hydrogens is 144 g/mol. The second-order valence-corrected chi connectivity index (χ2v) is 2.03. The lowest BCUT2D eigenvalue weighted by Crippen LogP contribution is -2.27. The highest BCUT2D eigenvalue weighted by Crippen LogP contribution is 1.93. The molecule has 0 aromatic carbocycles. The minimum Gasteiger partial charge on any atom is -0.330 e. The van der Waals surface area contributed by atoms with E-state index < -0.39 is 0 Å². The van der Waals surface area contributed by atoms with E-state index in [1.807, 2.05) is 13.8 Å². The van der Waals surface area contributed by atoms with E-state index in [1.54, 1.807) is 0 Å². The van der Waals surface area contributed by atoms with Crippen LogP contribution in [0.5, 0.6) is 0 Å². The fourth-order valence-corrected chi connectivity index (χ4v) is 0.675.